The molecule has 0 radical (unpaired) electrons. The van der Waals surface area contributed by atoms with Gasteiger partial charge < -0.3 is 24.7 Å². The van der Waals surface area contributed by atoms with Crippen molar-refractivity contribution in [2.45, 2.75) is 5.08 Å². The zero-order chi connectivity index (χ0) is 12.8. The van der Waals surface area contributed by atoms with Crippen LogP contribution in [0.4, 0.5) is 0 Å². The average Bonchev–Trinajstić information content (AvgIpc) is 2.46. The lowest BCUT2D eigenvalue weighted by atomic mass is 10.4. The molecular formula is C5H10N2O7P2. The molecule has 1 rings (SSSR count). The average molecular weight is 272 g/mol. The van der Waals surface area contributed by atoms with Crippen molar-refractivity contribution < 1.29 is 33.8 Å². The summed E-state index contributed by atoms with van der Waals surface area (Å²) in [5, 5.41) is 9.51. The van der Waals surface area contributed by atoms with Crippen LogP contribution in [0.2, 0.25) is 0 Å². The number of rotatable bonds is 3. The van der Waals surface area contributed by atoms with Crippen LogP contribution in [0.1, 0.15) is 5.56 Å². The van der Waals surface area contributed by atoms with Crippen LogP contribution >= 0.6 is 15.2 Å². The molecule has 0 unspecified atom stereocenters. The molecule has 9 nitrogen and oxygen atoms in total. The van der Waals surface area contributed by atoms with Gasteiger partial charge in [-0.15, -0.1) is 0 Å². The quantitative estimate of drug-likeness (QED) is 0.433. The maximum Gasteiger partial charge on any atom is 0.374 e. The summed E-state index contributed by atoms with van der Waals surface area (Å²) in [5.41, 5.74) is -0.642. The third kappa shape index (κ3) is 1.99. The Labute approximate surface area is 89.7 Å². The van der Waals surface area contributed by atoms with Crippen LogP contribution in [0.15, 0.2) is 12.4 Å². The molecule has 0 amide bonds. The first kappa shape index (κ1) is 13.5. The Morgan fingerprint density at radius 3 is 1.94 bits per heavy atom. The maximum absolute atomic E-state index is 11.0. The summed E-state index contributed by atoms with van der Waals surface area (Å²) in [5.74, 6) is 0. The van der Waals surface area contributed by atoms with Gasteiger partial charge in [0.25, 0.3) is 5.08 Å². The lowest BCUT2D eigenvalue weighted by Crippen LogP contribution is -2.25. The fourth-order valence-corrected chi connectivity index (χ4v) is 3.36. The van der Waals surface area contributed by atoms with Crippen LogP contribution in [0.5, 0.6) is 0 Å². The van der Waals surface area contributed by atoms with E-state index in [9.17, 15) is 14.2 Å². The summed E-state index contributed by atoms with van der Waals surface area (Å²) in [6.07, 6.45) is 1.69. The Hall–Kier alpha value is -0.530. The van der Waals surface area contributed by atoms with Gasteiger partial charge in [-0.2, -0.15) is 5.10 Å². The molecule has 0 aromatic carbocycles. The lowest BCUT2D eigenvalue weighted by Gasteiger charge is -2.27. The van der Waals surface area contributed by atoms with Crippen LogP contribution in [0.3, 0.4) is 0 Å². The number of nitrogens with zero attached hydrogens (tertiary/aromatic N) is 2. The predicted molar refractivity (Wildman–Crippen MR) is 51.2 cm³/mol. The van der Waals surface area contributed by atoms with Crippen molar-refractivity contribution in [3.63, 3.8) is 0 Å². The third-order valence-electron chi connectivity index (χ3n) is 1.90. The third-order valence-corrected chi connectivity index (χ3v) is 5.61. The molecule has 0 saturated heterocycles. The van der Waals surface area contributed by atoms with Crippen molar-refractivity contribution in [2.75, 3.05) is 0 Å². The van der Waals surface area contributed by atoms with Crippen molar-refractivity contribution in [1.29, 1.82) is 0 Å². The number of aryl methyl sites for hydroxylation is 1. The molecule has 1 aromatic heterocycles. The van der Waals surface area contributed by atoms with Crippen molar-refractivity contribution in [1.82, 2.24) is 9.78 Å². The minimum Gasteiger partial charge on any atom is -0.364 e. The zero-order valence-electron chi connectivity index (χ0n) is 8.00. The lowest BCUT2D eigenvalue weighted by molar-refractivity contribution is 0.131. The van der Waals surface area contributed by atoms with Gasteiger partial charge in [0, 0.05) is 18.8 Å². The van der Waals surface area contributed by atoms with E-state index in [1.165, 1.54) is 7.05 Å². The molecule has 0 bridgehead atoms. The molecular weight excluding hydrogens is 262 g/mol. The molecule has 0 saturated carbocycles. The van der Waals surface area contributed by atoms with Gasteiger partial charge in [-0.05, 0) is 0 Å². The summed E-state index contributed by atoms with van der Waals surface area (Å²) in [6.45, 7) is 0. The van der Waals surface area contributed by atoms with Crippen molar-refractivity contribution in [3.8, 4) is 0 Å². The van der Waals surface area contributed by atoms with E-state index in [2.05, 4.69) is 5.10 Å². The van der Waals surface area contributed by atoms with Gasteiger partial charge in [-0.1, -0.05) is 0 Å². The monoisotopic (exact) mass is 272 g/mol. The maximum atomic E-state index is 11.0. The molecule has 1 heterocycles. The molecule has 5 N–H and O–H groups in total. The second-order valence-corrected chi connectivity index (χ2v) is 6.95. The summed E-state index contributed by atoms with van der Waals surface area (Å²) < 4.78 is 23.1. The van der Waals surface area contributed by atoms with Gasteiger partial charge in [0.15, 0.2) is 0 Å². The van der Waals surface area contributed by atoms with E-state index in [0.717, 1.165) is 17.1 Å². The topological polar surface area (TPSA) is 153 Å². The van der Waals surface area contributed by atoms with Gasteiger partial charge in [-0.3, -0.25) is 13.8 Å². The summed E-state index contributed by atoms with van der Waals surface area (Å²) >= 11 is 0. The van der Waals surface area contributed by atoms with Crippen LogP contribution in [0.25, 0.3) is 0 Å². The molecule has 1 aromatic rings. The Morgan fingerprint density at radius 2 is 1.69 bits per heavy atom. The molecule has 0 aliphatic rings. The Bertz CT molecular complexity index is 463. The van der Waals surface area contributed by atoms with Crippen molar-refractivity contribution in [3.05, 3.63) is 18.0 Å². The highest BCUT2D eigenvalue weighted by Crippen LogP contribution is 2.72. The van der Waals surface area contributed by atoms with Crippen LogP contribution in [0, 0.1) is 0 Å². The second-order valence-electron chi connectivity index (χ2n) is 3.13. The summed E-state index contributed by atoms with van der Waals surface area (Å²) in [6, 6.07) is 0. The Kier molecular flexibility index (Phi) is 3.17. The van der Waals surface area contributed by atoms with E-state index < -0.39 is 25.8 Å². The molecule has 11 heteroatoms. The van der Waals surface area contributed by atoms with Gasteiger partial charge in [0.05, 0.1) is 6.20 Å². The molecule has 0 aliphatic carbocycles. The summed E-state index contributed by atoms with van der Waals surface area (Å²) in [4.78, 5) is 35.5. The van der Waals surface area contributed by atoms with E-state index in [0.29, 0.717) is 0 Å². The highest BCUT2D eigenvalue weighted by Gasteiger charge is 2.61. The first-order chi connectivity index (χ1) is 7.00. The number of aromatic nitrogens is 2. The fraction of sp³-hybridized carbons (Fsp3) is 0.400. The second kappa shape index (κ2) is 3.75. The van der Waals surface area contributed by atoms with E-state index in [4.69, 9.17) is 19.6 Å². The van der Waals surface area contributed by atoms with Crippen molar-refractivity contribution in [2.24, 2.45) is 7.05 Å². The van der Waals surface area contributed by atoms with Gasteiger partial charge >= 0.3 is 15.2 Å². The van der Waals surface area contributed by atoms with Crippen molar-refractivity contribution >= 4 is 15.2 Å². The van der Waals surface area contributed by atoms with E-state index in [1.54, 1.807) is 0 Å². The van der Waals surface area contributed by atoms with Gasteiger partial charge in [0.1, 0.15) is 0 Å². The SMILES string of the molecule is Cn1cc(C(O)(P(=O)(O)O)P(=O)(O)O)cn1. The van der Waals surface area contributed by atoms with Crippen LogP contribution in [-0.2, 0) is 21.3 Å². The highest BCUT2D eigenvalue weighted by atomic mass is 31.2. The smallest absolute Gasteiger partial charge is 0.364 e. The fourth-order valence-electron chi connectivity index (χ4n) is 1.10. The Morgan fingerprint density at radius 1 is 1.25 bits per heavy atom. The van der Waals surface area contributed by atoms with E-state index in [1.807, 2.05) is 0 Å². The van der Waals surface area contributed by atoms with Crippen LogP contribution in [-0.4, -0.2) is 34.5 Å². The first-order valence-corrected chi connectivity index (χ1v) is 7.05. The molecule has 0 fully saturated rings. The normalized spacial score (nSPS) is 14.1. The van der Waals surface area contributed by atoms with Crippen LogP contribution < -0.4 is 0 Å². The zero-order valence-corrected chi connectivity index (χ0v) is 9.78. The molecule has 92 valence electrons. The predicted octanol–water partition coefficient (Wildman–Crippen LogP) is -1.12. The van der Waals surface area contributed by atoms with Gasteiger partial charge in [-0.25, -0.2) is 0 Å². The molecule has 0 spiro atoms. The van der Waals surface area contributed by atoms with E-state index in [-0.39, 0.29) is 0 Å². The van der Waals surface area contributed by atoms with Gasteiger partial charge in [0.2, 0.25) is 0 Å². The minimum absolute atomic E-state index is 0.642. The molecule has 0 aliphatic heterocycles. The molecule has 16 heavy (non-hydrogen) atoms. The van der Waals surface area contributed by atoms with E-state index >= 15 is 0 Å². The largest absolute Gasteiger partial charge is 0.374 e. The highest BCUT2D eigenvalue weighted by molar-refractivity contribution is 7.71. The first-order valence-electron chi connectivity index (χ1n) is 3.83. The number of aliphatic hydroxyl groups is 1. The Balaban J connectivity index is 3.51. The number of hydrogen-bond donors (Lipinski definition) is 5. The standard InChI is InChI=1S/C5H10N2O7P2/c1-7-3-4(2-6-7)5(8,15(9,10)11)16(12,13)14/h2-3,8H,1H3,(H2,9,10,11)(H2,12,13,14). The number of hydrogen-bond acceptors (Lipinski definition) is 4. The molecule has 0 atom stereocenters. The minimum atomic E-state index is -5.48. The summed E-state index contributed by atoms with van der Waals surface area (Å²) in [7, 11) is -9.59.